The molecular formula is C29H33Cl2N3O4S. The number of hydrogen-bond acceptors (Lipinski definition) is 4. The lowest BCUT2D eigenvalue weighted by Gasteiger charge is -2.32. The molecular weight excluding hydrogens is 557 g/mol. The van der Waals surface area contributed by atoms with Gasteiger partial charge in [0.2, 0.25) is 11.8 Å². The monoisotopic (exact) mass is 589 g/mol. The summed E-state index contributed by atoms with van der Waals surface area (Å²) in [5.74, 6) is -0.662. The zero-order valence-electron chi connectivity index (χ0n) is 22.4. The first-order chi connectivity index (χ1) is 18.4. The van der Waals surface area contributed by atoms with Gasteiger partial charge in [0.1, 0.15) is 12.6 Å². The normalized spacial score (nSPS) is 12.2. The summed E-state index contributed by atoms with van der Waals surface area (Å²) in [6.07, 6.45) is 0. The van der Waals surface area contributed by atoms with Gasteiger partial charge < -0.3 is 10.2 Å². The highest BCUT2D eigenvalue weighted by Crippen LogP contribution is 2.26. The fourth-order valence-electron chi connectivity index (χ4n) is 3.84. The minimum atomic E-state index is -4.14. The topological polar surface area (TPSA) is 86.8 Å². The predicted octanol–water partition coefficient (Wildman–Crippen LogP) is 5.69. The number of carbonyl (C=O) groups excluding carboxylic acids is 2. The number of rotatable bonds is 11. The van der Waals surface area contributed by atoms with E-state index >= 15 is 0 Å². The van der Waals surface area contributed by atoms with Crippen LogP contribution < -0.4 is 9.62 Å². The van der Waals surface area contributed by atoms with Crippen LogP contribution in [-0.4, -0.2) is 44.3 Å². The van der Waals surface area contributed by atoms with E-state index in [2.05, 4.69) is 5.32 Å². The number of sulfonamides is 1. The van der Waals surface area contributed by atoms with Gasteiger partial charge in [-0.2, -0.15) is 0 Å². The summed E-state index contributed by atoms with van der Waals surface area (Å²) >= 11 is 12.2. The van der Waals surface area contributed by atoms with Crippen molar-refractivity contribution in [2.24, 2.45) is 5.92 Å². The molecule has 0 spiro atoms. The first-order valence-corrected chi connectivity index (χ1v) is 14.7. The lowest BCUT2D eigenvalue weighted by molar-refractivity contribution is -0.139. The molecule has 0 saturated heterocycles. The van der Waals surface area contributed by atoms with E-state index in [1.807, 2.05) is 20.8 Å². The molecule has 0 fully saturated rings. The van der Waals surface area contributed by atoms with Crippen molar-refractivity contribution in [1.29, 1.82) is 0 Å². The van der Waals surface area contributed by atoms with Crippen LogP contribution >= 0.6 is 23.2 Å². The molecule has 0 bridgehead atoms. The molecule has 10 heteroatoms. The van der Waals surface area contributed by atoms with Crippen molar-refractivity contribution in [2.75, 3.05) is 17.4 Å². The van der Waals surface area contributed by atoms with E-state index in [9.17, 15) is 18.0 Å². The molecule has 208 valence electrons. The van der Waals surface area contributed by atoms with Crippen molar-refractivity contribution in [3.8, 4) is 0 Å². The molecule has 2 amide bonds. The van der Waals surface area contributed by atoms with E-state index in [1.165, 1.54) is 17.0 Å². The van der Waals surface area contributed by atoms with Crippen LogP contribution in [0.25, 0.3) is 0 Å². The molecule has 7 nitrogen and oxygen atoms in total. The van der Waals surface area contributed by atoms with Crippen LogP contribution in [0.2, 0.25) is 10.0 Å². The Balaban J connectivity index is 2.01. The summed E-state index contributed by atoms with van der Waals surface area (Å²) in [6, 6.07) is 18.7. The van der Waals surface area contributed by atoms with Gasteiger partial charge >= 0.3 is 0 Å². The number of nitrogens with one attached hydrogen (secondary N) is 1. The first-order valence-electron chi connectivity index (χ1n) is 12.5. The fraction of sp³-hybridized carbons (Fsp3) is 0.310. The highest BCUT2D eigenvalue weighted by Gasteiger charge is 2.32. The number of halogens is 2. The van der Waals surface area contributed by atoms with Crippen molar-refractivity contribution < 1.29 is 18.0 Å². The van der Waals surface area contributed by atoms with Crippen LogP contribution in [0.1, 0.15) is 31.9 Å². The standard InChI is InChI=1S/C29H33Cl2N3O4S/c1-20(2)17-32-29(36)22(4)33(18-23-6-5-7-25(31)16-23)28(35)19-34(26-12-10-24(30)11-13-26)39(37,38)27-14-8-21(3)9-15-27/h5-16,20,22H,17-19H2,1-4H3,(H,32,36)/t22-/m0/s1. The van der Waals surface area contributed by atoms with E-state index in [0.717, 1.165) is 9.87 Å². The third-order valence-electron chi connectivity index (χ3n) is 6.10. The van der Waals surface area contributed by atoms with E-state index < -0.39 is 28.5 Å². The number of carbonyl (C=O) groups is 2. The van der Waals surface area contributed by atoms with Crippen LogP contribution in [-0.2, 0) is 26.2 Å². The van der Waals surface area contributed by atoms with E-state index in [1.54, 1.807) is 67.6 Å². The summed E-state index contributed by atoms with van der Waals surface area (Å²) < 4.78 is 28.6. The fourth-order valence-corrected chi connectivity index (χ4v) is 5.59. The van der Waals surface area contributed by atoms with Gasteiger partial charge in [0.05, 0.1) is 10.6 Å². The Morgan fingerprint density at radius 2 is 1.54 bits per heavy atom. The first kappa shape index (κ1) is 30.5. The van der Waals surface area contributed by atoms with Crippen LogP contribution in [0.3, 0.4) is 0 Å². The maximum absolute atomic E-state index is 13.9. The van der Waals surface area contributed by atoms with Crippen LogP contribution in [0, 0.1) is 12.8 Å². The summed E-state index contributed by atoms with van der Waals surface area (Å²) in [4.78, 5) is 28.3. The van der Waals surface area contributed by atoms with Gasteiger partial charge in [0.15, 0.2) is 0 Å². The van der Waals surface area contributed by atoms with E-state index in [4.69, 9.17) is 23.2 Å². The number of amides is 2. The van der Waals surface area contributed by atoms with Crippen LogP contribution in [0.15, 0.2) is 77.7 Å². The third-order valence-corrected chi connectivity index (χ3v) is 8.37. The molecule has 0 heterocycles. The summed E-state index contributed by atoms with van der Waals surface area (Å²) in [7, 11) is -4.14. The molecule has 0 unspecified atom stereocenters. The van der Waals surface area contributed by atoms with Crippen molar-refractivity contribution in [3.05, 3.63) is 94.0 Å². The maximum atomic E-state index is 13.9. The minimum absolute atomic E-state index is 0.0416. The van der Waals surface area contributed by atoms with Gasteiger partial charge in [0, 0.05) is 23.1 Å². The maximum Gasteiger partial charge on any atom is 0.264 e. The molecule has 0 radical (unpaired) electrons. The Morgan fingerprint density at radius 1 is 0.897 bits per heavy atom. The number of nitrogens with zero attached hydrogens (tertiary/aromatic N) is 2. The van der Waals surface area contributed by atoms with E-state index in [-0.39, 0.29) is 29.0 Å². The van der Waals surface area contributed by atoms with Crippen LogP contribution in [0.5, 0.6) is 0 Å². The van der Waals surface area contributed by atoms with Gasteiger partial charge in [-0.05, 0) is 73.9 Å². The number of aryl methyl sites for hydroxylation is 1. The molecule has 0 aliphatic rings. The van der Waals surface area contributed by atoms with Crippen LogP contribution in [0.4, 0.5) is 5.69 Å². The van der Waals surface area contributed by atoms with Gasteiger partial charge in [0.25, 0.3) is 10.0 Å². The summed E-state index contributed by atoms with van der Waals surface area (Å²) in [5, 5.41) is 3.78. The molecule has 0 aromatic heterocycles. The van der Waals surface area contributed by atoms with E-state index in [0.29, 0.717) is 22.2 Å². The molecule has 0 saturated carbocycles. The van der Waals surface area contributed by atoms with Gasteiger partial charge in [-0.25, -0.2) is 8.42 Å². The lowest BCUT2D eigenvalue weighted by Crippen LogP contribution is -2.51. The van der Waals surface area contributed by atoms with Crippen molar-refractivity contribution in [1.82, 2.24) is 10.2 Å². The molecule has 0 aliphatic carbocycles. The Morgan fingerprint density at radius 3 is 2.13 bits per heavy atom. The van der Waals surface area contributed by atoms with Gasteiger partial charge in [-0.1, -0.05) is 66.9 Å². The Bertz CT molecular complexity index is 1390. The zero-order valence-corrected chi connectivity index (χ0v) is 24.7. The predicted molar refractivity (Wildman–Crippen MR) is 156 cm³/mol. The SMILES string of the molecule is Cc1ccc(S(=O)(=O)N(CC(=O)N(Cc2cccc(Cl)c2)[C@@H](C)C(=O)NCC(C)C)c2ccc(Cl)cc2)cc1. The highest BCUT2D eigenvalue weighted by molar-refractivity contribution is 7.92. The number of anilines is 1. The quantitative estimate of drug-likeness (QED) is 0.311. The zero-order chi connectivity index (χ0) is 28.7. The average molecular weight is 591 g/mol. The second-order valence-corrected chi connectivity index (χ2v) is 12.5. The molecule has 1 atom stereocenters. The lowest BCUT2D eigenvalue weighted by atomic mass is 10.1. The second kappa shape index (κ2) is 13.3. The Hall–Kier alpha value is -3.07. The smallest absolute Gasteiger partial charge is 0.264 e. The Labute approximate surface area is 240 Å². The molecule has 1 N–H and O–H groups in total. The number of hydrogen-bond donors (Lipinski definition) is 1. The minimum Gasteiger partial charge on any atom is -0.354 e. The molecule has 3 aromatic rings. The van der Waals surface area contributed by atoms with Crippen molar-refractivity contribution in [2.45, 2.75) is 45.2 Å². The van der Waals surface area contributed by atoms with Crippen molar-refractivity contribution >= 4 is 50.7 Å². The molecule has 39 heavy (non-hydrogen) atoms. The largest absolute Gasteiger partial charge is 0.354 e. The number of benzene rings is 3. The third kappa shape index (κ3) is 8.21. The average Bonchev–Trinajstić information content (AvgIpc) is 2.89. The summed E-state index contributed by atoms with van der Waals surface area (Å²) in [6.45, 7) is 7.41. The second-order valence-electron chi connectivity index (χ2n) is 9.77. The van der Waals surface area contributed by atoms with Gasteiger partial charge in [-0.15, -0.1) is 0 Å². The van der Waals surface area contributed by atoms with Gasteiger partial charge in [-0.3, -0.25) is 13.9 Å². The highest BCUT2D eigenvalue weighted by atomic mass is 35.5. The Kier molecular flexibility index (Phi) is 10.4. The summed E-state index contributed by atoms with van der Waals surface area (Å²) in [5.41, 5.74) is 1.88. The van der Waals surface area contributed by atoms with Crippen molar-refractivity contribution in [3.63, 3.8) is 0 Å². The molecule has 3 aromatic carbocycles. The molecule has 0 aliphatic heterocycles. The molecule has 3 rings (SSSR count).